The van der Waals surface area contributed by atoms with Crippen molar-refractivity contribution in [3.05, 3.63) is 169 Å². The Bertz CT molecular complexity index is 1300. The van der Waals surface area contributed by atoms with Crippen LogP contribution in [0.4, 0.5) is 0 Å². The van der Waals surface area contributed by atoms with Gasteiger partial charge in [0.05, 0.1) is 7.92 Å². The summed E-state index contributed by atoms with van der Waals surface area (Å²) in [5.74, 6) is 2.24. The Hall–Kier alpha value is -3.50. The molecule has 0 aliphatic carbocycles. The van der Waals surface area contributed by atoms with Gasteiger partial charge in [0.1, 0.15) is 15.9 Å². The first-order chi connectivity index (χ1) is 17.3. The Balaban J connectivity index is 0.000000198. The first kappa shape index (κ1) is 27.1. The third-order valence-electron chi connectivity index (χ3n) is 5.49. The van der Waals surface area contributed by atoms with Gasteiger partial charge in [0.2, 0.25) is 0 Å². The van der Waals surface area contributed by atoms with Crippen LogP contribution in [0.2, 0.25) is 0 Å². The van der Waals surface area contributed by atoms with E-state index in [0.717, 1.165) is 0 Å². The van der Waals surface area contributed by atoms with Crippen LogP contribution in [-0.2, 0) is 22.4 Å². The van der Waals surface area contributed by atoms with Crippen molar-refractivity contribution >= 4 is 29.6 Å². The van der Waals surface area contributed by atoms with E-state index >= 15 is 0 Å². The van der Waals surface area contributed by atoms with Gasteiger partial charge in [-0.05, 0) is 36.4 Å². The summed E-state index contributed by atoms with van der Waals surface area (Å²) < 4.78 is 0. The van der Waals surface area contributed by atoms with E-state index in [0.29, 0.717) is 16.7 Å². The number of benzene rings is 5. The van der Waals surface area contributed by atoms with Crippen molar-refractivity contribution < 1.29 is 27.2 Å². The molecule has 178 valence electrons. The van der Waals surface area contributed by atoms with Gasteiger partial charge in [-0.1, -0.05) is 97.1 Å². The van der Waals surface area contributed by atoms with E-state index in [9.17, 15) is 4.79 Å². The fourth-order valence-corrected chi connectivity index (χ4v) is 6.39. The molecule has 0 bridgehead atoms. The topological polar surface area (TPSA) is 17.1 Å². The molecule has 0 atom stereocenters. The molecular weight excluding hydrogens is 640 g/mol. The quantitative estimate of drug-likeness (QED) is 0.0738. The summed E-state index contributed by atoms with van der Waals surface area (Å²) in [7, 11) is -0.877. The maximum atomic E-state index is 12.0. The molecule has 5 aromatic carbocycles. The van der Waals surface area contributed by atoms with Gasteiger partial charge < -0.3 is 6.42 Å². The second-order valence-electron chi connectivity index (χ2n) is 7.87. The zero-order chi connectivity index (χ0) is 24.3. The Labute approximate surface area is 230 Å². The van der Waals surface area contributed by atoms with Gasteiger partial charge >= 0.3 is 22.4 Å². The Kier molecular flexibility index (Phi) is 10.7. The van der Waals surface area contributed by atoms with E-state index in [4.69, 9.17) is 6.42 Å². The molecule has 36 heavy (non-hydrogen) atoms. The minimum atomic E-state index is -0.877. The van der Waals surface area contributed by atoms with Crippen LogP contribution in [0, 0.1) is 12.3 Å². The second kappa shape index (κ2) is 14.2. The minimum Gasteiger partial charge on any atom is -0.366 e. The molecule has 0 saturated carbocycles. The Morgan fingerprint density at radius 3 is 1.33 bits per heavy atom. The van der Waals surface area contributed by atoms with Crippen molar-refractivity contribution in [1.29, 1.82) is 0 Å². The zero-order valence-corrected chi connectivity index (χ0v) is 22.7. The zero-order valence-electron chi connectivity index (χ0n) is 19.6. The molecule has 0 aromatic heterocycles. The number of rotatable bonds is 5. The predicted molar refractivity (Wildman–Crippen MR) is 149 cm³/mol. The largest absolute Gasteiger partial charge is 1.00 e. The Morgan fingerprint density at radius 1 is 0.528 bits per heavy atom. The van der Waals surface area contributed by atoms with E-state index in [1.165, 1.54) is 15.9 Å². The normalized spacial score (nSPS) is 9.78. The Morgan fingerprint density at radius 2 is 0.917 bits per heavy atom. The first-order valence-corrected chi connectivity index (χ1v) is 12.9. The summed E-state index contributed by atoms with van der Waals surface area (Å²) in [5.41, 5.74) is 1.86. The predicted octanol–water partition coefficient (Wildman–Crippen LogP) is 6.03. The molecule has 0 aliphatic heterocycles. The molecule has 1 nitrogen and oxygen atoms in total. The maximum absolute atomic E-state index is 12.0. The van der Waals surface area contributed by atoms with Crippen LogP contribution in [0.1, 0.15) is 21.5 Å². The number of carbonyl (C=O) groups excluding carboxylic acids is 1. The maximum Gasteiger partial charge on any atom is 1.00 e. The molecule has 0 spiro atoms. The molecule has 0 heterocycles. The smallest absolute Gasteiger partial charge is 0.366 e. The van der Waals surface area contributed by atoms with Crippen LogP contribution in [-0.4, -0.2) is 5.78 Å². The molecule has 0 amide bonds. The number of hydrogen-bond acceptors (Lipinski definition) is 1. The number of carbonyl (C=O) groups is 1. The van der Waals surface area contributed by atoms with Crippen molar-refractivity contribution in [2.75, 3.05) is 0 Å². The molecule has 5 aromatic rings. The summed E-state index contributed by atoms with van der Waals surface area (Å²) in [6.45, 7) is 0. The van der Waals surface area contributed by atoms with Gasteiger partial charge in [-0.15, -0.1) is 17.7 Å². The van der Waals surface area contributed by atoms with Crippen LogP contribution < -0.4 is 15.9 Å². The fraction of sp³-hybridized carbons (Fsp3) is 0. The van der Waals surface area contributed by atoms with E-state index in [-0.39, 0.29) is 28.2 Å². The van der Waals surface area contributed by atoms with Crippen LogP contribution in [0.15, 0.2) is 146 Å². The third kappa shape index (κ3) is 7.25. The average molecular weight is 666 g/mol. The summed E-state index contributed by atoms with van der Waals surface area (Å²) in [6, 6.07) is 48.5. The van der Waals surface area contributed by atoms with Crippen molar-refractivity contribution in [3.63, 3.8) is 0 Å². The summed E-state index contributed by atoms with van der Waals surface area (Å²) in [6.07, 6.45) is 7.02. The summed E-state index contributed by atoms with van der Waals surface area (Å²) in [5, 5.41) is 4.31. The number of ketones is 1. The van der Waals surface area contributed by atoms with Gasteiger partial charge in [0, 0.05) is 11.1 Å². The van der Waals surface area contributed by atoms with Crippen molar-refractivity contribution in [3.8, 4) is 5.92 Å². The molecule has 0 aliphatic rings. The van der Waals surface area contributed by atoms with Gasteiger partial charge in [-0.25, -0.2) is 0 Å². The van der Waals surface area contributed by atoms with E-state index in [1.54, 1.807) is 36.4 Å². The van der Waals surface area contributed by atoms with Gasteiger partial charge in [-0.2, -0.15) is 0 Å². The van der Waals surface area contributed by atoms with Crippen molar-refractivity contribution in [2.45, 2.75) is 0 Å². The van der Waals surface area contributed by atoms with E-state index in [2.05, 4.69) is 96.9 Å². The van der Waals surface area contributed by atoms with Crippen molar-refractivity contribution in [2.24, 2.45) is 0 Å². The van der Waals surface area contributed by atoms with Gasteiger partial charge in [0.15, 0.2) is 5.78 Å². The molecule has 3 heteroatoms. The standard InChI is InChI=1S/C18H15P.C15H9O.Au/c1-4-10-16(11-5-1)19(17-12-6-2-7-13-17)18-14-8-3-9-15-18;1-2-12-7-6-10-14(11-12)15(16)13-8-4-3-5-9-13;/h1-15H;3-11H;/q;-1;+1/p+1. The van der Waals surface area contributed by atoms with Crippen LogP contribution >= 0.6 is 7.92 Å². The SMILES string of the molecule is [Au+].[C-]#Cc1cccc(C(=O)c2ccccc2)c1.c1ccc([PH+](c2ccccc2)c2ccccc2)cc1. The average Bonchev–Trinajstić information content (AvgIpc) is 2.95. The molecule has 0 radical (unpaired) electrons. The van der Waals surface area contributed by atoms with Crippen LogP contribution in [0.5, 0.6) is 0 Å². The molecular formula is C33H25AuOP+. The van der Waals surface area contributed by atoms with Gasteiger partial charge in [-0.3, -0.25) is 10.7 Å². The first-order valence-electron chi connectivity index (χ1n) is 11.4. The van der Waals surface area contributed by atoms with E-state index in [1.807, 2.05) is 18.2 Å². The molecule has 0 fully saturated rings. The molecule has 0 saturated heterocycles. The minimum absolute atomic E-state index is 0. The summed E-state index contributed by atoms with van der Waals surface area (Å²) in [4.78, 5) is 12.0. The molecule has 0 unspecified atom stereocenters. The molecule has 5 rings (SSSR count). The summed E-state index contributed by atoms with van der Waals surface area (Å²) >= 11 is 0. The fourth-order valence-electron chi connectivity index (χ4n) is 3.81. The number of hydrogen-bond donors (Lipinski definition) is 0. The van der Waals surface area contributed by atoms with E-state index < -0.39 is 7.92 Å². The van der Waals surface area contributed by atoms with Crippen LogP contribution in [0.25, 0.3) is 0 Å². The monoisotopic (exact) mass is 665 g/mol. The second-order valence-corrected chi connectivity index (χ2v) is 10.4. The molecule has 0 N–H and O–H groups in total. The third-order valence-corrected chi connectivity index (χ3v) is 8.22. The van der Waals surface area contributed by atoms with Gasteiger partial charge in [0.25, 0.3) is 0 Å². The van der Waals surface area contributed by atoms with Crippen LogP contribution in [0.3, 0.4) is 0 Å². The van der Waals surface area contributed by atoms with Crippen molar-refractivity contribution in [1.82, 2.24) is 0 Å².